The molecule has 0 saturated carbocycles. The lowest BCUT2D eigenvalue weighted by Crippen LogP contribution is -2.00. The van der Waals surface area contributed by atoms with Crippen molar-refractivity contribution in [2.75, 3.05) is 7.11 Å². The molecule has 0 aliphatic rings. The Morgan fingerprint density at radius 3 is 2.33 bits per heavy atom. The summed E-state index contributed by atoms with van der Waals surface area (Å²) in [6, 6.07) is 33.2. The molecule has 0 spiro atoms. The van der Waals surface area contributed by atoms with Crippen LogP contribution in [0.2, 0.25) is 0 Å². The van der Waals surface area contributed by atoms with Gasteiger partial charge in [0.1, 0.15) is 5.75 Å². The minimum Gasteiger partial charge on any atom is -0.497 e. The standard InChI is InChI=1S/C27H20N2O/c1-30-22-14-12-19(13-15-22)24(17-28)26-23-8-4-5-9-25(23)29-27(26)21-11-10-18-6-2-3-7-20(18)16-21/h2-16,24,29H,1H3. The van der Waals surface area contributed by atoms with Crippen LogP contribution in [0, 0.1) is 11.3 Å². The zero-order valence-electron chi connectivity index (χ0n) is 16.6. The molecule has 30 heavy (non-hydrogen) atoms. The average Bonchev–Trinajstić information content (AvgIpc) is 3.19. The molecule has 144 valence electrons. The summed E-state index contributed by atoms with van der Waals surface area (Å²) in [5.41, 5.74) is 5.06. The van der Waals surface area contributed by atoms with Gasteiger partial charge < -0.3 is 9.72 Å². The van der Waals surface area contributed by atoms with Crippen LogP contribution in [0.15, 0.2) is 91.0 Å². The molecular formula is C27H20N2O. The van der Waals surface area contributed by atoms with Crippen molar-refractivity contribution in [2.45, 2.75) is 5.92 Å². The normalized spacial score (nSPS) is 12.0. The van der Waals surface area contributed by atoms with Crippen LogP contribution in [0.5, 0.6) is 5.75 Å². The van der Waals surface area contributed by atoms with Crippen LogP contribution in [0.4, 0.5) is 0 Å². The fourth-order valence-corrected chi connectivity index (χ4v) is 4.14. The van der Waals surface area contributed by atoms with Crippen molar-refractivity contribution in [3.05, 3.63) is 102 Å². The van der Waals surface area contributed by atoms with E-state index >= 15 is 0 Å². The lowest BCUT2D eigenvalue weighted by molar-refractivity contribution is 0.414. The van der Waals surface area contributed by atoms with E-state index in [1.807, 2.05) is 48.5 Å². The molecular weight excluding hydrogens is 368 g/mol. The Morgan fingerprint density at radius 1 is 0.833 bits per heavy atom. The monoisotopic (exact) mass is 388 g/mol. The maximum absolute atomic E-state index is 10.2. The largest absolute Gasteiger partial charge is 0.497 e. The van der Waals surface area contributed by atoms with Gasteiger partial charge in [-0.3, -0.25) is 0 Å². The van der Waals surface area contributed by atoms with Gasteiger partial charge in [0.15, 0.2) is 0 Å². The number of rotatable bonds is 4. The molecule has 1 heterocycles. The smallest absolute Gasteiger partial charge is 0.118 e. The van der Waals surface area contributed by atoms with Crippen molar-refractivity contribution in [3.63, 3.8) is 0 Å². The highest BCUT2D eigenvalue weighted by Gasteiger charge is 2.23. The quantitative estimate of drug-likeness (QED) is 0.374. The van der Waals surface area contributed by atoms with Crippen molar-refractivity contribution in [3.8, 4) is 23.1 Å². The van der Waals surface area contributed by atoms with Crippen LogP contribution in [0.25, 0.3) is 32.9 Å². The number of hydrogen-bond acceptors (Lipinski definition) is 2. The molecule has 3 nitrogen and oxygen atoms in total. The summed E-state index contributed by atoms with van der Waals surface area (Å²) in [7, 11) is 1.65. The molecule has 1 atom stereocenters. The summed E-state index contributed by atoms with van der Waals surface area (Å²) >= 11 is 0. The molecule has 0 radical (unpaired) electrons. The summed E-state index contributed by atoms with van der Waals surface area (Å²) in [5, 5.41) is 13.6. The van der Waals surface area contributed by atoms with Crippen LogP contribution in [-0.2, 0) is 0 Å². The number of hydrogen-bond donors (Lipinski definition) is 1. The van der Waals surface area contributed by atoms with Gasteiger partial charge in [0.05, 0.1) is 24.8 Å². The van der Waals surface area contributed by atoms with E-state index in [0.29, 0.717) is 0 Å². The summed E-state index contributed by atoms with van der Waals surface area (Å²) in [4.78, 5) is 3.58. The number of benzene rings is 4. The number of H-pyrrole nitrogens is 1. The number of methoxy groups -OCH3 is 1. The number of para-hydroxylation sites is 1. The molecule has 1 unspecified atom stereocenters. The zero-order valence-corrected chi connectivity index (χ0v) is 16.6. The van der Waals surface area contributed by atoms with Crippen molar-refractivity contribution >= 4 is 21.7 Å². The summed E-state index contributed by atoms with van der Waals surface area (Å²) < 4.78 is 5.29. The first kappa shape index (κ1) is 18.0. The van der Waals surface area contributed by atoms with Gasteiger partial charge >= 0.3 is 0 Å². The third-order valence-corrected chi connectivity index (χ3v) is 5.65. The molecule has 0 aliphatic carbocycles. The SMILES string of the molecule is COc1ccc(C(C#N)c2c(-c3ccc4ccccc4c3)[nH]c3ccccc23)cc1. The highest BCUT2D eigenvalue weighted by Crippen LogP contribution is 2.39. The van der Waals surface area contributed by atoms with Crippen LogP contribution in [-0.4, -0.2) is 12.1 Å². The Labute approximate surface area is 175 Å². The number of aromatic amines is 1. The van der Waals surface area contributed by atoms with Crippen molar-refractivity contribution < 1.29 is 4.74 Å². The molecule has 4 aromatic carbocycles. The molecule has 1 N–H and O–H groups in total. The Morgan fingerprint density at radius 2 is 1.57 bits per heavy atom. The van der Waals surface area contributed by atoms with Gasteiger partial charge in [0, 0.05) is 16.5 Å². The molecule has 0 bridgehead atoms. The number of aromatic nitrogens is 1. The maximum atomic E-state index is 10.2. The highest BCUT2D eigenvalue weighted by atomic mass is 16.5. The Hall–Kier alpha value is -4.03. The van der Waals surface area contributed by atoms with E-state index in [-0.39, 0.29) is 0 Å². The van der Waals surface area contributed by atoms with Crippen molar-refractivity contribution in [1.29, 1.82) is 5.26 Å². The highest BCUT2D eigenvalue weighted by molar-refractivity contribution is 5.95. The zero-order chi connectivity index (χ0) is 20.5. The van der Waals surface area contributed by atoms with Crippen molar-refractivity contribution in [1.82, 2.24) is 4.98 Å². The Balaban J connectivity index is 1.74. The van der Waals surface area contributed by atoms with E-state index in [1.165, 1.54) is 10.8 Å². The van der Waals surface area contributed by atoms with E-state index in [0.717, 1.165) is 39.0 Å². The van der Waals surface area contributed by atoms with Crippen LogP contribution in [0.3, 0.4) is 0 Å². The molecule has 0 saturated heterocycles. The molecule has 0 amide bonds. The first-order chi connectivity index (χ1) is 14.8. The van der Waals surface area contributed by atoms with Gasteiger partial charge in [0.2, 0.25) is 0 Å². The number of ether oxygens (including phenoxy) is 1. The molecule has 1 aromatic heterocycles. The Bertz CT molecular complexity index is 1390. The third-order valence-electron chi connectivity index (χ3n) is 5.65. The van der Waals surface area contributed by atoms with E-state index in [9.17, 15) is 5.26 Å². The van der Waals surface area contributed by atoms with E-state index < -0.39 is 5.92 Å². The molecule has 0 fully saturated rings. The topological polar surface area (TPSA) is 48.8 Å². The maximum Gasteiger partial charge on any atom is 0.118 e. The second-order valence-corrected chi connectivity index (χ2v) is 7.36. The molecule has 3 heteroatoms. The van der Waals surface area contributed by atoms with Crippen molar-refractivity contribution in [2.24, 2.45) is 0 Å². The fourth-order valence-electron chi connectivity index (χ4n) is 4.14. The van der Waals surface area contributed by atoms with Gasteiger partial charge in [-0.15, -0.1) is 0 Å². The number of fused-ring (bicyclic) bond motifs is 2. The second-order valence-electron chi connectivity index (χ2n) is 7.36. The summed E-state index contributed by atoms with van der Waals surface area (Å²) in [6.07, 6.45) is 0. The predicted octanol–water partition coefficient (Wildman–Crippen LogP) is 6.65. The Kier molecular flexibility index (Phi) is 4.46. The first-order valence-corrected chi connectivity index (χ1v) is 9.92. The van der Waals surface area contributed by atoms with E-state index in [1.54, 1.807) is 7.11 Å². The lowest BCUT2D eigenvalue weighted by atomic mass is 9.88. The number of nitriles is 1. The minimum atomic E-state index is -0.395. The van der Waals surface area contributed by atoms with Gasteiger partial charge in [-0.05, 0) is 46.2 Å². The first-order valence-electron chi connectivity index (χ1n) is 9.92. The van der Waals surface area contributed by atoms with Crippen LogP contribution in [0.1, 0.15) is 17.0 Å². The third kappa shape index (κ3) is 3.00. The van der Waals surface area contributed by atoms with E-state index in [2.05, 4.69) is 53.5 Å². The van der Waals surface area contributed by atoms with Gasteiger partial charge in [0.25, 0.3) is 0 Å². The predicted molar refractivity (Wildman–Crippen MR) is 122 cm³/mol. The molecule has 0 aliphatic heterocycles. The average molecular weight is 388 g/mol. The van der Waals surface area contributed by atoms with Gasteiger partial charge in [-0.2, -0.15) is 5.26 Å². The van der Waals surface area contributed by atoms with Gasteiger partial charge in [-0.1, -0.05) is 66.7 Å². The number of nitrogens with one attached hydrogen (secondary N) is 1. The van der Waals surface area contributed by atoms with Crippen LogP contribution >= 0.6 is 0 Å². The second kappa shape index (κ2) is 7.42. The minimum absolute atomic E-state index is 0.395. The lowest BCUT2D eigenvalue weighted by Gasteiger charge is -2.13. The summed E-state index contributed by atoms with van der Waals surface area (Å²) in [5.74, 6) is 0.387. The summed E-state index contributed by atoms with van der Waals surface area (Å²) in [6.45, 7) is 0. The molecule has 5 aromatic rings. The van der Waals surface area contributed by atoms with Gasteiger partial charge in [-0.25, -0.2) is 0 Å². The van der Waals surface area contributed by atoms with Crippen LogP contribution < -0.4 is 4.74 Å². The number of nitrogens with zero attached hydrogens (tertiary/aromatic N) is 1. The molecule has 5 rings (SSSR count). The van der Waals surface area contributed by atoms with E-state index in [4.69, 9.17) is 4.74 Å². The fraction of sp³-hybridized carbons (Fsp3) is 0.0741.